The average molecular weight is 236 g/mol. The van der Waals surface area contributed by atoms with E-state index >= 15 is 0 Å². The van der Waals surface area contributed by atoms with Crippen molar-refractivity contribution in [3.63, 3.8) is 0 Å². The summed E-state index contributed by atoms with van der Waals surface area (Å²) >= 11 is 0. The first-order valence-electron chi connectivity index (χ1n) is 5.79. The first-order chi connectivity index (χ1) is 8.22. The second kappa shape index (κ2) is 6.91. The Morgan fingerprint density at radius 3 is 2.71 bits per heavy atom. The van der Waals surface area contributed by atoms with Gasteiger partial charge in [0.15, 0.2) is 0 Å². The number of ether oxygens (including phenoxy) is 1. The van der Waals surface area contributed by atoms with Crippen LogP contribution in [0.4, 0.5) is 0 Å². The van der Waals surface area contributed by atoms with E-state index in [9.17, 15) is 4.79 Å². The molecule has 4 heteroatoms. The third-order valence-electron chi connectivity index (χ3n) is 2.71. The lowest BCUT2D eigenvalue weighted by molar-refractivity contribution is -0.119. The standard InChI is InChI=1S/C13H20N2O2/c1-4-11(15-9-13(16)14-2)10-7-5-6-8-12(10)17-3/h5-8,11,15H,4,9H2,1-3H3,(H,14,16). The molecule has 1 atom stereocenters. The highest BCUT2D eigenvalue weighted by atomic mass is 16.5. The average Bonchev–Trinajstić information content (AvgIpc) is 2.39. The number of hydrogen-bond donors (Lipinski definition) is 2. The van der Waals surface area contributed by atoms with Crippen LogP contribution in [0, 0.1) is 0 Å². The number of carbonyl (C=O) groups is 1. The summed E-state index contributed by atoms with van der Waals surface area (Å²) < 4.78 is 5.32. The topological polar surface area (TPSA) is 50.4 Å². The Kier molecular flexibility index (Phi) is 5.49. The maximum Gasteiger partial charge on any atom is 0.233 e. The third kappa shape index (κ3) is 3.75. The SMILES string of the molecule is CCC(NCC(=O)NC)c1ccccc1OC. The number of hydrogen-bond acceptors (Lipinski definition) is 3. The molecular formula is C13H20N2O2. The molecular weight excluding hydrogens is 216 g/mol. The van der Waals surface area contributed by atoms with Gasteiger partial charge in [0.1, 0.15) is 5.75 Å². The van der Waals surface area contributed by atoms with Gasteiger partial charge in [0, 0.05) is 18.7 Å². The first-order valence-corrected chi connectivity index (χ1v) is 5.79. The normalized spacial score (nSPS) is 11.9. The zero-order chi connectivity index (χ0) is 12.7. The van der Waals surface area contributed by atoms with Crippen molar-refractivity contribution in [2.24, 2.45) is 0 Å². The van der Waals surface area contributed by atoms with Crippen LogP contribution < -0.4 is 15.4 Å². The maximum absolute atomic E-state index is 11.2. The summed E-state index contributed by atoms with van der Waals surface area (Å²) in [6.07, 6.45) is 0.900. The van der Waals surface area contributed by atoms with Crippen molar-refractivity contribution in [3.05, 3.63) is 29.8 Å². The van der Waals surface area contributed by atoms with Gasteiger partial charge in [0.05, 0.1) is 13.7 Å². The largest absolute Gasteiger partial charge is 0.496 e. The molecule has 1 aromatic carbocycles. The second-order valence-corrected chi connectivity index (χ2v) is 3.76. The highest BCUT2D eigenvalue weighted by Gasteiger charge is 2.14. The zero-order valence-electron chi connectivity index (χ0n) is 10.6. The predicted molar refractivity (Wildman–Crippen MR) is 68.1 cm³/mol. The molecule has 1 unspecified atom stereocenters. The summed E-state index contributed by atoms with van der Waals surface area (Å²) in [5.74, 6) is 0.835. The van der Waals surface area contributed by atoms with Crippen molar-refractivity contribution in [1.29, 1.82) is 0 Å². The molecule has 17 heavy (non-hydrogen) atoms. The van der Waals surface area contributed by atoms with Crippen LogP contribution in [0.2, 0.25) is 0 Å². The van der Waals surface area contributed by atoms with Gasteiger partial charge >= 0.3 is 0 Å². The van der Waals surface area contributed by atoms with Gasteiger partial charge in [-0.05, 0) is 12.5 Å². The molecule has 0 spiro atoms. The van der Waals surface area contributed by atoms with E-state index in [2.05, 4.69) is 17.6 Å². The minimum atomic E-state index is -0.0154. The predicted octanol–water partition coefficient (Wildman–Crippen LogP) is 1.48. The summed E-state index contributed by atoms with van der Waals surface area (Å²) in [7, 11) is 3.29. The van der Waals surface area contributed by atoms with Gasteiger partial charge in [0.25, 0.3) is 0 Å². The number of para-hydroxylation sites is 1. The summed E-state index contributed by atoms with van der Waals surface area (Å²) in [6, 6.07) is 7.99. The van der Waals surface area contributed by atoms with Gasteiger partial charge in [-0.2, -0.15) is 0 Å². The van der Waals surface area contributed by atoms with Gasteiger partial charge in [-0.25, -0.2) is 0 Å². The van der Waals surface area contributed by atoms with Crippen LogP contribution in [0.25, 0.3) is 0 Å². The number of methoxy groups -OCH3 is 1. The van der Waals surface area contributed by atoms with Crippen LogP contribution in [-0.4, -0.2) is 26.6 Å². The van der Waals surface area contributed by atoms with Gasteiger partial charge < -0.3 is 15.4 Å². The summed E-state index contributed by atoms with van der Waals surface area (Å²) in [6.45, 7) is 2.39. The van der Waals surface area contributed by atoms with Gasteiger partial charge in [-0.1, -0.05) is 25.1 Å². The fourth-order valence-electron chi connectivity index (χ4n) is 1.73. The Morgan fingerprint density at radius 2 is 2.12 bits per heavy atom. The molecule has 1 aromatic rings. The molecule has 0 saturated carbocycles. The molecule has 0 aliphatic carbocycles. The van der Waals surface area contributed by atoms with E-state index in [0.29, 0.717) is 6.54 Å². The van der Waals surface area contributed by atoms with Gasteiger partial charge in [-0.3, -0.25) is 4.79 Å². The number of carbonyl (C=O) groups excluding carboxylic acids is 1. The van der Waals surface area contributed by atoms with E-state index in [4.69, 9.17) is 4.74 Å². The highest BCUT2D eigenvalue weighted by molar-refractivity contribution is 5.77. The molecule has 0 fully saturated rings. The van der Waals surface area contributed by atoms with Crippen LogP contribution in [0.5, 0.6) is 5.75 Å². The fourth-order valence-corrected chi connectivity index (χ4v) is 1.73. The maximum atomic E-state index is 11.2. The van der Waals surface area contributed by atoms with E-state index in [0.717, 1.165) is 17.7 Å². The van der Waals surface area contributed by atoms with E-state index in [1.807, 2.05) is 24.3 Å². The molecule has 2 N–H and O–H groups in total. The molecule has 94 valence electrons. The molecule has 1 amide bonds. The van der Waals surface area contributed by atoms with Crippen LogP contribution in [-0.2, 0) is 4.79 Å². The van der Waals surface area contributed by atoms with Gasteiger partial charge in [0.2, 0.25) is 5.91 Å². The van der Waals surface area contributed by atoms with Crippen molar-refractivity contribution in [2.45, 2.75) is 19.4 Å². The van der Waals surface area contributed by atoms with Crippen molar-refractivity contribution >= 4 is 5.91 Å². The highest BCUT2D eigenvalue weighted by Crippen LogP contribution is 2.26. The lowest BCUT2D eigenvalue weighted by Crippen LogP contribution is -2.33. The smallest absolute Gasteiger partial charge is 0.233 e. The number of nitrogens with one attached hydrogen (secondary N) is 2. The Morgan fingerprint density at radius 1 is 1.41 bits per heavy atom. The number of benzene rings is 1. The molecule has 0 bridgehead atoms. The zero-order valence-corrected chi connectivity index (χ0v) is 10.6. The van der Waals surface area contributed by atoms with E-state index in [1.54, 1.807) is 14.2 Å². The van der Waals surface area contributed by atoms with Crippen molar-refractivity contribution < 1.29 is 9.53 Å². The Balaban J connectivity index is 2.75. The lowest BCUT2D eigenvalue weighted by Gasteiger charge is -2.19. The van der Waals surface area contributed by atoms with Crippen LogP contribution >= 0.6 is 0 Å². The van der Waals surface area contributed by atoms with Crippen molar-refractivity contribution in [2.75, 3.05) is 20.7 Å². The molecule has 0 radical (unpaired) electrons. The van der Waals surface area contributed by atoms with Crippen LogP contribution in [0.15, 0.2) is 24.3 Å². The van der Waals surface area contributed by atoms with Gasteiger partial charge in [-0.15, -0.1) is 0 Å². The quantitative estimate of drug-likeness (QED) is 0.786. The number of rotatable bonds is 6. The minimum absolute atomic E-state index is 0.0154. The minimum Gasteiger partial charge on any atom is -0.496 e. The third-order valence-corrected chi connectivity index (χ3v) is 2.71. The second-order valence-electron chi connectivity index (χ2n) is 3.76. The molecule has 4 nitrogen and oxygen atoms in total. The molecule has 0 heterocycles. The number of likely N-dealkylation sites (N-methyl/N-ethyl adjacent to an activating group) is 1. The summed E-state index contributed by atoms with van der Waals surface area (Å²) in [5, 5.41) is 5.81. The van der Waals surface area contributed by atoms with E-state index in [-0.39, 0.29) is 11.9 Å². The molecule has 0 saturated heterocycles. The number of amides is 1. The van der Waals surface area contributed by atoms with E-state index in [1.165, 1.54) is 0 Å². The Labute approximate surface area is 102 Å². The monoisotopic (exact) mass is 236 g/mol. The molecule has 1 rings (SSSR count). The molecule has 0 aliphatic rings. The van der Waals surface area contributed by atoms with Crippen LogP contribution in [0.3, 0.4) is 0 Å². The lowest BCUT2D eigenvalue weighted by atomic mass is 10.0. The first kappa shape index (κ1) is 13.5. The summed E-state index contributed by atoms with van der Waals surface area (Å²) in [4.78, 5) is 11.2. The summed E-state index contributed by atoms with van der Waals surface area (Å²) in [5.41, 5.74) is 1.08. The van der Waals surface area contributed by atoms with Crippen molar-refractivity contribution in [1.82, 2.24) is 10.6 Å². The van der Waals surface area contributed by atoms with Crippen LogP contribution in [0.1, 0.15) is 24.9 Å². The Bertz CT molecular complexity index is 366. The molecule has 0 aliphatic heterocycles. The van der Waals surface area contributed by atoms with E-state index < -0.39 is 0 Å². The molecule has 0 aromatic heterocycles. The Hall–Kier alpha value is -1.55. The van der Waals surface area contributed by atoms with Crippen molar-refractivity contribution in [3.8, 4) is 5.75 Å². The fraction of sp³-hybridized carbons (Fsp3) is 0.462.